The van der Waals surface area contributed by atoms with E-state index >= 15 is 0 Å². The van der Waals surface area contributed by atoms with Crippen LogP contribution in [0.15, 0.2) is 24.4 Å². The van der Waals surface area contributed by atoms with Gasteiger partial charge in [-0.1, -0.05) is 22.9 Å². The summed E-state index contributed by atoms with van der Waals surface area (Å²) in [6.45, 7) is 4.08. The number of hydrogen-bond donors (Lipinski definition) is 2. The lowest BCUT2D eigenvalue weighted by Crippen LogP contribution is -2.62. The maximum atomic E-state index is 10.9. The van der Waals surface area contributed by atoms with E-state index in [4.69, 9.17) is 16.3 Å². The van der Waals surface area contributed by atoms with Gasteiger partial charge in [-0.25, -0.2) is 0 Å². The molecule has 2 aliphatic rings. The van der Waals surface area contributed by atoms with Crippen LogP contribution in [0.25, 0.3) is 0 Å². The zero-order valence-corrected chi connectivity index (χ0v) is 16.4. The lowest BCUT2D eigenvalue weighted by Gasteiger charge is -2.49. The van der Waals surface area contributed by atoms with E-state index in [1.807, 2.05) is 38.0 Å². The number of benzene rings is 1. The number of ether oxygens (including phenoxy) is 1. The largest absolute Gasteiger partial charge is 0.426 e. The summed E-state index contributed by atoms with van der Waals surface area (Å²) in [7, 11) is -0.760. The minimum Gasteiger partial charge on any atom is -0.426 e. The van der Waals surface area contributed by atoms with E-state index < -0.39 is 13.9 Å². The third-order valence-corrected chi connectivity index (χ3v) is 7.83. The van der Waals surface area contributed by atoms with Crippen LogP contribution in [0.2, 0.25) is 11.6 Å². The Kier molecular flexibility index (Phi) is 4.04. The Morgan fingerprint density at radius 3 is 2.96 bits per heavy atom. The Morgan fingerprint density at radius 1 is 1.44 bits per heavy atom. The maximum Gasteiger partial charge on any atom is 0.243 e. The van der Waals surface area contributed by atoms with Crippen molar-refractivity contribution in [1.82, 2.24) is 20.3 Å². The van der Waals surface area contributed by atoms with Crippen molar-refractivity contribution in [1.29, 1.82) is 0 Å². The van der Waals surface area contributed by atoms with Gasteiger partial charge >= 0.3 is 0 Å². The van der Waals surface area contributed by atoms with Crippen molar-refractivity contribution < 1.29 is 9.53 Å². The number of aryl methyl sites for hydroxylation is 1. The van der Waals surface area contributed by atoms with Crippen LogP contribution >= 0.6 is 11.6 Å². The molecule has 1 aromatic carbocycles. The second-order valence-corrected chi connectivity index (χ2v) is 11.4. The molecule has 4 atom stereocenters. The first-order valence-corrected chi connectivity index (χ1v) is 11.6. The van der Waals surface area contributed by atoms with Gasteiger partial charge in [0.05, 0.1) is 23.6 Å². The monoisotopic (exact) mass is 378 g/mol. The SMILES string of the molecule is C[C@H]1CC2(C[C@@H](c3cn(C)nn3)N1)OC[Si](C)(O)c1cc(Cl)ccc12. The van der Waals surface area contributed by atoms with Gasteiger partial charge in [0, 0.05) is 30.7 Å². The zero-order chi connectivity index (χ0) is 17.8. The fourth-order valence-electron chi connectivity index (χ4n) is 4.22. The Labute approximate surface area is 153 Å². The number of piperidine rings is 1. The van der Waals surface area contributed by atoms with E-state index in [1.165, 1.54) is 0 Å². The highest BCUT2D eigenvalue weighted by molar-refractivity contribution is 6.85. The van der Waals surface area contributed by atoms with Crippen molar-refractivity contribution in [2.45, 2.75) is 44.0 Å². The lowest BCUT2D eigenvalue weighted by molar-refractivity contribution is -0.0794. The number of aromatic nitrogens is 3. The van der Waals surface area contributed by atoms with E-state index in [-0.39, 0.29) is 12.1 Å². The predicted molar refractivity (Wildman–Crippen MR) is 98.1 cm³/mol. The molecule has 1 spiro atoms. The molecule has 6 nitrogen and oxygen atoms in total. The molecule has 0 aliphatic carbocycles. The van der Waals surface area contributed by atoms with E-state index in [9.17, 15) is 4.80 Å². The molecule has 0 bridgehead atoms. The molecule has 2 N–H and O–H groups in total. The topological polar surface area (TPSA) is 72.2 Å². The molecule has 1 saturated heterocycles. The number of nitrogens with zero attached hydrogens (tertiary/aromatic N) is 3. The van der Waals surface area contributed by atoms with Gasteiger partial charge in [-0.3, -0.25) is 4.68 Å². The second-order valence-electron chi connectivity index (χ2n) is 7.59. The molecule has 25 heavy (non-hydrogen) atoms. The van der Waals surface area contributed by atoms with Gasteiger partial charge < -0.3 is 14.8 Å². The lowest BCUT2D eigenvalue weighted by atomic mass is 9.78. The number of halogens is 1. The number of fused-ring (bicyclic) bond motifs is 2. The van der Waals surface area contributed by atoms with Crippen molar-refractivity contribution in [2.75, 3.05) is 6.23 Å². The first-order valence-electron chi connectivity index (χ1n) is 8.58. The van der Waals surface area contributed by atoms with Crippen molar-refractivity contribution >= 4 is 25.1 Å². The van der Waals surface area contributed by atoms with Crippen LogP contribution in [0.5, 0.6) is 0 Å². The molecular formula is C17H23ClN4O2Si. The molecule has 4 rings (SSSR count). The number of nitrogens with one attached hydrogen (secondary N) is 1. The van der Waals surface area contributed by atoms with Gasteiger partial charge in [0.25, 0.3) is 0 Å². The molecule has 1 aromatic heterocycles. The summed E-state index contributed by atoms with van der Waals surface area (Å²) in [6.07, 6.45) is 3.94. The van der Waals surface area contributed by atoms with Crippen molar-refractivity contribution in [3.63, 3.8) is 0 Å². The van der Waals surface area contributed by atoms with Gasteiger partial charge in [-0.2, -0.15) is 0 Å². The Morgan fingerprint density at radius 2 is 2.24 bits per heavy atom. The van der Waals surface area contributed by atoms with Crippen LogP contribution in [0.1, 0.15) is 37.1 Å². The molecule has 2 unspecified atom stereocenters. The third-order valence-electron chi connectivity index (χ3n) is 5.32. The van der Waals surface area contributed by atoms with Crippen LogP contribution in [0.3, 0.4) is 0 Å². The average Bonchev–Trinajstić information content (AvgIpc) is 2.98. The van der Waals surface area contributed by atoms with Crippen molar-refractivity contribution in [3.05, 3.63) is 40.7 Å². The molecule has 0 radical (unpaired) electrons. The molecule has 1 fully saturated rings. The second kappa shape index (κ2) is 5.89. The van der Waals surface area contributed by atoms with E-state index in [0.717, 1.165) is 29.3 Å². The summed E-state index contributed by atoms with van der Waals surface area (Å²) in [6, 6.07) is 6.17. The fraction of sp³-hybridized carbons (Fsp3) is 0.529. The molecule has 2 aliphatic heterocycles. The van der Waals surface area contributed by atoms with Crippen LogP contribution < -0.4 is 10.5 Å². The van der Waals surface area contributed by atoms with Gasteiger partial charge in [0.15, 0.2) is 0 Å². The summed E-state index contributed by atoms with van der Waals surface area (Å²) >= 11 is 6.22. The summed E-state index contributed by atoms with van der Waals surface area (Å²) in [5.74, 6) is 0. The van der Waals surface area contributed by atoms with E-state index in [1.54, 1.807) is 4.68 Å². The van der Waals surface area contributed by atoms with E-state index in [2.05, 4.69) is 22.6 Å². The van der Waals surface area contributed by atoms with Crippen molar-refractivity contribution in [2.24, 2.45) is 7.05 Å². The molecule has 8 heteroatoms. The maximum absolute atomic E-state index is 10.9. The van der Waals surface area contributed by atoms with Crippen LogP contribution in [-0.2, 0) is 17.4 Å². The normalized spacial score (nSPS) is 34.9. The molecule has 0 amide bonds. The molecule has 0 saturated carbocycles. The highest BCUT2D eigenvalue weighted by atomic mass is 35.5. The Balaban J connectivity index is 1.78. The Bertz CT molecular complexity index is 812. The minimum absolute atomic E-state index is 0.0608. The smallest absolute Gasteiger partial charge is 0.243 e. The molecular weight excluding hydrogens is 356 g/mol. The van der Waals surface area contributed by atoms with Gasteiger partial charge in [-0.05, 0) is 42.8 Å². The standard InChI is InChI=1S/C17H23ClN4O2Si/c1-11-7-17(8-14(19-11)15-9-22(2)21-20-15)13-5-4-12(18)6-16(13)25(3,23)10-24-17/h4-6,9,11,14,19,23H,7-8,10H2,1-3H3/t11-,14-,17?,25?/m0/s1. The predicted octanol–water partition coefficient (Wildman–Crippen LogP) is 1.52. The highest BCUT2D eigenvalue weighted by Crippen LogP contribution is 2.45. The number of hydrogen-bond acceptors (Lipinski definition) is 5. The quantitative estimate of drug-likeness (QED) is 0.736. The first kappa shape index (κ1) is 17.2. The summed E-state index contributed by atoms with van der Waals surface area (Å²) in [5.41, 5.74) is 1.58. The van der Waals surface area contributed by atoms with E-state index in [0.29, 0.717) is 11.3 Å². The number of rotatable bonds is 1. The Hall–Kier alpha value is -1.25. The van der Waals surface area contributed by atoms with Gasteiger partial charge in [0.2, 0.25) is 8.32 Å². The molecule has 3 heterocycles. The highest BCUT2D eigenvalue weighted by Gasteiger charge is 2.50. The van der Waals surface area contributed by atoms with Crippen molar-refractivity contribution in [3.8, 4) is 0 Å². The minimum atomic E-state index is -2.63. The van der Waals surface area contributed by atoms with Gasteiger partial charge in [0.1, 0.15) is 0 Å². The summed E-state index contributed by atoms with van der Waals surface area (Å²) in [5, 5.41) is 13.6. The van der Waals surface area contributed by atoms with Gasteiger partial charge in [-0.15, -0.1) is 5.10 Å². The van der Waals surface area contributed by atoms with Crippen LogP contribution in [0.4, 0.5) is 0 Å². The molecule has 2 aromatic rings. The van der Waals surface area contributed by atoms with Crippen LogP contribution in [-0.4, -0.2) is 40.4 Å². The first-order chi connectivity index (χ1) is 11.8. The third kappa shape index (κ3) is 2.94. The van der Waals surface area contributed by atoms with Crippen LogP contribution in [0, 0.1) is 0 Å². The zero-order valence-electron chi connectivity index (χ0n) is 14.7. The molecule has 134 valence electrons. The fourth-order valence-corrected chi connectivity index (χ4v) is 6.55. The average molecular weight is 379 g/mol. The summed E-state index contributed by atoms with van der Waals surface area (Å²) < 4.78 is 8.11. The summed E-state index contributed by atoms with van der Waals surface area (Å²) in [4.78, 5) is 10.9.